The van der Waals surface area contributed by atoms with Gasteiger partial charge in [0, 0.05) is 0 Å². The molecule has 0 aromatic heterocycles. The van der Waals surface area contributed by atoms with E-state index in [0.717, 1.165) is 2.97 Å². The second-order valence-electron chi connectivity index (χ2n) is 2.34. The Balaban J connectivity index is 3.58. The molecule has 0 rings (SSSR count). The van der Waals surface area contributed by atoms with Gasteiger partial charge in [0.2, 0.25) is 0 Å². The van der Waals surface area contributed by atoms with E-state index in [2.05, 4.69) is 20.8 Å². The molecule has 0 amide bonds. The Morgan fingerprint density at radius 3 is 1.25 bits per heavy atom. The first-order chi connectivity index (χ1) is 3.68. The molecule has 0 atom stereocenters. The molecule has 0 saturated carbocycles. The van der Waals surface area contributed by atoms with Gasteiger partial charge in [0.25, 0.3) is 0 Å². The second-order valence-corrected chi connectivity index (χ2v) is 6.46. The van der Waals surface area contributed by atoms with Crippen molar-refractivity contribution in [2.24, 2.45) is 0 Å². The molecule has 0 aliphatic carbocycles. The summed E-state index contributed by atoms with van der Waals surface area (Å²) in [5.41, 5.74) is 0. The summed E-state index contributed by atoms with van der Waals surface area (Å²) < 4.78 is 0.764. The fraction of sp³-hybridized carbons (Fsp3) is 1.00. The first-order valence-electron chi connectivity index (χ1n) is 3.43. The van der Waals surface area contributed by atoms with Gasteiger partial charge in [0.15, 0.2) is 0 Å². The van der Waals surface area contributed by atoms with Crippen molar-refractivity contribution in [1.29, 1.82) is 0 Å². The molecule has 8 heavy (non-hydrogen) atoms. The van der Waals surface area contributed by atoms with Crippen LogP contribution in [0.4, 0.5) is 0 Å². The summed E-state index contributed by atoms with van der Waals surface area (Å²) >= 11 is 1.37. The molecule has 3 radical (unpaired) electrons. The fourth-order valence-corrected chi connectivity index (χ4v) is 0.750. The maximum atomic E-state index is 2.31. The molecule has 0 aromatic carbocycles. The summed E-state index contributed by atoms with van der Waals surface area (Å²) in [4.78, 5) is 0. The van der Waals surface area contributed by atoms with Crippen molar-refractivity contribution in [2.75, 3.05) is 0 Å². The molecule has 1 heteroatoms. The average Bonchev–Trinajstić information content (AvgIpc) is 1.87. The van der Waals surface area contributed by atoms with Crippen LogP contribution >= 0.6 is 0 Å². The first-order valence-corrected chi connectivity index (χ1v) is 5.38. The molecule has 0 aromatic rings. The summed E-state index contributed by atoms with van der Waals surface area (Å²) in [6.45, 7) is 6.92. The van der Waals surface area contributed by atoms with Gasteiger partial charge in [-0.3, -0.25) is 0 Å². The summed E-state index contributed by atoms with van der Waals surface area (Å²) in [7, 11) is 0. The quantitative estimate of drug-likeness (QED) is 0.703. The molecule has 47 valence electrons. The van der Waals surface area contributed by atoms with E-state index in [9.17, 15) is 0 Å². The topological polar surface area (TPSA) is 0 Å². The standard InChI is InChI=1S/C7H15.Pb/c1-4-7(5-2)6-3;/h4-6H2,1-3H3;. The SMILES string of the molecule is CC[C]([Pb])(CC)CC. The van der Waals surface area contributed by atoms with Crippen molar-refractivity contribution >= 4 is 25.8 Å². The predicted molar refractivity (Wildman–Crippen MR) is 39.3 cm³/mol. The Hall–Kier alpha value is 0.922. The zero-order valence-electron chi connectivity index (χ0n) is 6.12. The number of hydrogen-bond acceptors (Lipinski definition) is 0. The van der Waals surface area contributed by atoms with Crippen LogP contribution in [0.5, 0.6) is 0 Å². The molecule has 0 fully saturated rings. The van der Waals surface area contributed by atoms with E-state index in [1.54, 1.807) is 0 Å². The van der Waals surface area contributed by atoms with Crippen LogP contribution in [0.1, 0.15) is 40.0 Å². The maximum absolute atomic E-state index is 2.31. The summed E-state index contributed by atoms with van der Waals surface area (Å²) in [6.07, 6.45) is 4.14. The molecule has 0 bridgehead atoms. The van der Waals surface area contributed by atoms with Crippen molar-refractivity contribution in [3.8, 4) is 0 Å². The minimum atomic E-state index is 0.764. The zero-order chi connectivity index (χ0) is 6.62. The van der Waals surface area contributed by atoms with Crippen LogP contribution in [-0.4, -0.2) is 25.8 Å². The van der Waals surface area contributed by atoms with E-state index in [4.69, 9.17) is 0 Å². The Morgan fingerprint density at radius 1 is 1.00 bits per heavy atom. The Morgan fingerprint density at radius 2 is 1.25 bits per heavy atom. The van der Waals surface area contributed by atoms with Crippen LogP contribution in [0.25, 0.3) is 0 Å². The van der Waals surface area contributed by atoms with Crippen LogP contribution in [0.15, 0.2) is 0 Å². The molecule has 0 nitrogen and oxygen atoms in total. The Kier molecular flexibility index (Phi) is 4.30. The van der Waals surface area contributed by atoms with Crippen LogP contribution < -0.4 is 0 Å². The Bertz CT molecular complexity index is 47.1. The van der Waals surface area contributed by atoms with Crippen molar-refractivity contribution in [3.05, 3.63) is 0 Å². The monoisotopic (exact) mass is 307 g/mol. The number of hydrogen-bond donors (Lipinski definition) is 0. The number of rotatable bonds is 3. The van der Waals surface area contributed by atoms with Crippen molar-refractivity contribution in [3.63, 3.8) is 0 Å². The van der Waals surface area contributed by atoms with Gasteiger partial charge in [0.1, 0.15) is 0 Å². The van der Waals surface area contributed by atoms with Gasteiger partial charge in [-0.05, 0) is 0 Å². The third kappa shape index (κ3) is 2.47. The summed E-state index contributed by atoms with van der Waals surface area (Å²) in [5.74, 6) is 0. The van der Waals surface area contributed by atoms with E-state index < -0.39 is 0 Å². The zero-order valence-corrected chi connectivity index (χ0v) is 10.0. The molecule has 0 heterocycles. The third-order valence-electron chi connectivity index (χ3n) is 2.03. The van der Waals surface area contributed by atoms with Gasteiger partial charge in [-0.25, -0.2) is 0 Å². The molecular formula is C7H15Pb. The predicted octanol–water partition coefficient (Wildman–Crippen LogP) is 2.54. The molecule has 0 saturated heterocycles. The molecular weight excluding hydrogens is 291 g/mol. The minimum absolute atomic E-state index is 0.764. The van der Waals surface area contributed by atoms with Gasteiger partial charge < -0.3 is 0 Å². The van der Waals surface area contributed by atoms with E-state index in [-0.39, 0.29) is 0 Å². The van der Waals surface area contributed by atoms with Crippen molar-refractivity contribution in [1.82, 2.24) is 0 Å². The van der Waals surface area contributed by atoms with Crippen LogP contribution in [0.3, 0.4) is 0 Å². The first kappa shape index (κ1) is 8.92. The van der Waals surface area contributed by atoms with Crippen LogP contribution in [-0.2, 0) is 0 Å². The van der Waals surface area contributed by atoms with Crippen LogP contribution in [0, 0.1) is 0 Å². The second kappa shape index (κ2) is 3.86. The van der Waals surface area contributed by atoms with Gasteiger partial charge in [0.05, 0.1) is 0 Å². The molecule has 0 aliphatic heterocycles. The van der Waals surface area contributed by atoms with E-state index >= 15 is 0 Å². The molecule has 0 unspecified atom stereocenters. The molecule has 0 N–H and O–H groups in total. The Labute approximate surface area is 68.7 Å². The van der Waals surface area contributed by atoms with Crippen molar-refractivity contribution < 1.29 is 0 Å². The van der Waals surface area contributed by atoms with E-state index in [1.165, 1.54) is 45.0 Å². The van der Waals surface area contributed by atoms with Gasteiger partial charge in [-0.2, -0.15) is 0 Å². The summed E-state index contributed by atoms with van der Waals surface area (Å²) in [6, 6.07) is 0. The van der Waals surface area contributed by atoms with Crippen molar-refractivity contribution in [2.45, 2.75) is 43.0 Å². The summed E-state index contributed by atoms with van der Waals surface area (Å²) in [5, 5.41) is 0. The van der Waals surface area contributed by atoms with Gasteiger partial charge in [-0.1, -0.05) is 0 Å². The third-order valence-corrected chi connectivity index (χ3v) is 6.15. The average molecular weight is 306 g/mol. The van der Waals surface area contributed by atoms with Gasteiger partial charge >= 0.3 is 68.8 Å². The fourth-order valence-electron chi connectivity index (χ4n) is 0.750. The van der Waals surface area contributed by atoms with E-state index in [1.807, 2.05) is 0 Å². The molecule has 0 spiro atoms. The van der Waals surface area contributed by atoms with Gasteiger partial charge in [-0.15, -0.1) is 0 Å². The van der Waals surface area contributed by atoms with E-state index in [0.29, 0.717) is 0 Å². The molecule has 0 aliphatic rings. The normalized spacial score (nSPS) is 12.0. The van der Waals surface area contributed by atoms with Crippen LogP contribution in [0.2, 0.25) is 2.97 Å².